The first-order valence-corrected chi connectivity index (χ1v) is 6.52. The molecule has 9 heteroatoms. The van der Waals surface area contributed by atoms with Crippen LogP contribution in [0.5, 0.6) is 0 Å². The third kappa shape index (κ3) is 2.16. The zero-order chi connectivity index (χ0) is 15.1. The Hall–Kier alpha value is -1.74. The Morgan fingerprint density at radius 3 is 2.81 bits per heavy atom. The molecule has 3 atom stereocenters. The SMILES string of the molecule is OCC1=CC(n2cnc3c(NCl)nc(F)cc32)C(O)C1O. The van der Waals surface area contributed by atoms with Crippen LogP contribution in [0.1, 0.15) is 6.04 Å². The molecule has 3 rings (SSSR count). The normalized spacial score (nSPS) is 25.4. The molecule has 0 bridgehead atoms. The summed E-state index contributed by atoms with van der Waals surface area (Å²) < 4.78 is 15.0. The van der Waals surface area contributed by atoms with Crippen LogP contribution in [0, 0.1) is 5.95 Å². The van der Waals surface area contributed by atoms with E-state index in [1.54, 1.807) is 0 Å². The number of fused-ring (bicyclic) bond motifs is 1. The van der Waals surface area contributed by atoms with Crippen LogP contribution in [0.15, 0.2) is 24.0 Å². The Morgan fingerprint density at radius 2 is 2.19 bits per heavy atom. The Kier molecular flexibility index (Phi) is 3.54. The second-order valence-corrected chi connectivity index (χ2v) is 4.92. The summed E-state index contributed by atoms with van der Waals surface area (Å²) in [5.41, 5.74) is 0.996. The van der Waals surface area contributed by atoms with Crippen molar-refractivity contribution >= 4 is 28.6 Å². The summed E-state index contributed by atoms with van der Waals surface area (Å²) in [6.07, 6.45) is 0.590. The summed E-state index contributed by atoms with van der Waals surface area (Å²) in [4.78, 5) is 9.89. The van der Waals surface area contributed by atoms with Gasteiger partial charge in [-0.05, 0) is 5.57 Å². The smallest absolute Gasteiger partial charge is 0.217 e. The Balaban J connectivity index is 2.14. The molecule has 21 heavy (non-hydrogen) atoms. The molecule has 0 spiro atoms. The van der Waals surface area contributed by atoms with Crippen molar-refractivity contribution in [1.29, 1.82) is 0 Å². The number of anilines is 1. The largest absolute Gasteiger partial charge is 0.392 e. The van der Waals surface area contributed by atoms with E-state index in [-0.39, 0.29) is 12.4 Å². The quantitative estimate of drug-likeness (QED) is 0.370. The number of aliphatic hydroxyl groups is 3. The highest BCUT2D eigenvalue weighted by Gasteiger charge is 2.36. The molecular formula is C12H12ClFN4O3. The number of rotatable bonds is 3. The van der Waals surface area contributed by atoms with Crippen LogP contribution in [0.4, 0.5) is 10.2 Å². The second-order valence-electron chi connectivity index (χ2n) is 4.73. The lowest BCUT2D eigenvalue weighted by Crippen LogP contribution is -2.29. The highest BCUT2D eigenvalue weighted by Crippen LogP contribution is 2.33. The number of aromatic nitrogens is 3. The van der Waals surface area contributed by atoms with Crippen LogP contribution in [-0.2, 0) is 0 Å². The van der Waals surface area contributed by atoms with Crippen molar-refractivity contribution < 1.29 is 19.7 Å². The van der Waals surface area contributed by atoms with Gasteiger partial charge in [-0.2, -0.15) is 9.37 Å². The summed E-state index contributed by atoms with van der Waals surface area (Å²) in [6.45, 7) is -0.369. The van der Waals surface area contributed by atoms with E-state index in [0.717, 1.165) is 6.07 Å². The fraction of sp³-hybridized carbons (Fsp3) is 0.333. The van der Waals surface area contributed by atoms with Gasteiger partial charge in [-0.25, -0.2) is 4.98 Å². The van der Waals surface area contributed by atoms with Gasteiger partial charge in [0.25, 0.3) is 0 Å². The summed E-state index contributed by atoms with van der Waals surface area (Å²) in [5.74, 6) is -0.698. The third-order valence-electron chi connectivity index (χ3n) is 3.56. The number of nitrogens with zero attached hydrogens (tertiary/aromatic N) is 3. The number of imidazole rings is 1. The molecule has 1 aliphatic rings. The van der Waals surface area contributed by atoms with Crippen molar-refractivity contribution in [2.24, 2.45) is 0 Å². The summed E-state index contributed by atoms with van der Waals surface area (Å²) >= 11 is 5.48. The first kappa shape index (κ1) is 14.2. The molecule has 4 N–H and O–H groups in total. The number of aliphatic hydroxyl groups excluding tert-OH is 3. The molecule has 0 amide bonds. The van der Waals surface area contributed by atoms with Gasteiger partial charge in [-0.1, -0.05) is 6.08 Å². The predicted octanol–water partition coefficient (Wildman–Crippen LogP) is 0.331. The lowest BCUT2D eigenvalue weighted by atomic mass is 10.1. The number of hydrogen-bond donors (Lipinski definition) is 4. The average molecular weight is 315 g/mol. The number of nitrogens with one attached hydrogen (secondary N) is 1. The minimum atomic E-state index is -1.17. The molecule has 0 fully saturated rings. The summed E-state index contributed by atoms with van der Waals surface area (Å²) in [5, 5.41) is 29.0. The molecule has 3 unspecified atom stereocenters. The van der Waals surface area contributed by atoms with Gasteiger partial charge in [0, 0.05) is 17.8 Å². The maximum absolute atomic E-state index is 13.5. The van der Waals surface area contributed by atoms with E-state index in [0.29, 0.717) is 16.6 Å². The molecule has 2 aromatic heterocycles. The Labute approximate surface area is 123 Å². The first-order chi connectivity index (χ1) is 10.1. The Morgan fingerprint density at radius 1 is 1.43 bits per heavy atom. The van der Waals surface area contributed by atoms with Gasteiger partial charge in [0.1, 0.15) is 17.7 Å². The van der Waals surface area contributed by atoms with E-state index >= 15 is 0 Å². The maximum Gasteiger partial charge on any atom is 0.217 e. The van der Waals surface area contributed by atoms with E-state index in [2.05, 4.69) is 14.8 Å². The standard InChI is InChI=1S/C12H12ClFN4O3/c13-17-12-9-6(2-8(14)16-12)18(4-15-9)7-1-5(3-19)10(20)11(7)21/h1-2,4,7,10-11,19-21H,3H2,(H,16,17). The summed E-state index contributed by atoms with van der Waals surface area (Å²) in [7, 11) is 0. The van der Waals surface area contributed by atoms with Crippen LogP contribution < -0.4 is 4.84 Å². The first-order valence-electron chi connectivity index (χ1n) is 6.14. The highest BCUT2D eigenvalue weighted by atomic mass is 35.5. The molecule has 112 valence electrons. The molecule has 0 saturated heterocycles. The van der Waals surface area contributed by atoms with Crippen LogP contribution in [-0.4, -0.2) is 48.7 Å². The fourth-order valence-electron chi connectivity index (χ4n) is 2.52. The molecule has 0 aromatic carbocycles. The molecule has 2 aromatic rings. The highest BCUT2D eigenvalue weighted by molar-refractivity contribution is 6.25. The average Bonchev–Trinajstić information content (AvgIpc) is 3.01. The number of hydrogen-bond acceptors (Lipinski definition) is 6. The van der Waals surface area contributed by atoms with E-state index < -0.39 is 24.2 Å². The predicted molar refractivity (Wildman–Crippen MR) is 73.2 cm³/mol. The maximum atomic E-state index is 13.5. The van der Waals surface area contributed by atoms with Crippen molar-refractivity contribution in [2.45, 2.75) is 18.2 Å². The fourth-order valence-corrected chi connectivity index (χ4v) is 2.65. The van der Waals surface area contributed by atoms with Gasteiger partial charge in [0.05, 0.1) is 24.5 Å². The lowest BCUT2D eigenvalue weighted by Gasteiger charge is -2.19. The molecular weight excluding hydrogens is 303 g/mol. The van der Waals surface area contributed by atoms with Gasteiger partial charge in [-0.15, -0.1) is 0 Å². The van der Waals surface area contributed by atoms with E-state index in [4.69, 9.17) is 16.9 Å². The van der Waals surface area contributed by atoms with Gasteiger partial charge < -0.3 is 19.9 Å². The third-order valence-corrected chi connectivity index (χ3v) is 3.74. The van der Waals surface area contributed by atoms with Crippen molar-refractivity contribution in [3.8, 4) is 0 Å². The zero-order valence-electron chi connectivity index (χ0n) is 10.6. The van der Waals surface area contributed by atoms with Crippen molar-refractivity contribution in [3.05, 3.63) is 30.0 Å². The van der Waals surface area contributed by atoms with Crippen LogP contribution in [0.25, 0.3) is 11.0 Å². The molecule has 0 radical (unpaired) electrons. The van der Waals surface area contributed by atoms with Gasteiger partial charge in [0.2, 0.25) is 5.95 Å². The molecule has 2 heterocycles. The second kappa shape index (κ2) is 5.23. The number of halogens is 2. The minimum Gasteiger partial charge on any atom is -0.392 e. The number of pyridine rings is 1. The van der Waals surface area contributed by atoms with Crippen molar-refractivity contribution in [1.82, 2.24) is 14.5 Å². The van der Waals surface area contributed by atoms with Crippen molar-refractivity contribution in [2.75, 3.05) is 11.4 Å². The lowest BCUT2D eigenvalue weighted by molar-refractivity contribution is 0.0288. The summed E-state index contributed by atoms with van der Waals surface area (Å²) in [6, 6.07) is 0.487. The van der Waals surface area contributed by atoms with E-state index in [9.17, 15) is 14.6 Å². The minimum absolute atomic E-state index is 0.0600. The topological polar surface area (TPSA) is 103 Å². The van der Waals surface area contributed by atoms with Crippen LogP contribution >= 0.6 is 11.8 Å². The van der Waals surface area contributed by atoms with Crippen LogP contribution in [0.2, 0.25) is 0 Å². The Bertz CT molecular complexity index is 720. The van der Waals surface area contributed by atoms with Gasteiger partial charge in [0.15, 0.2) is 5.82 Å². The molecule has 0 aliphatic heterocycles. The van der Waals surface area contributed by atoms with Gasteiger partial charge in [-0.3, -0.25) is 4.84 Å². The van der Waals surface area contributed by atoms with Crippen LogP contribution in [0.3, 0.4) is 0 Å². The van der Waals surface area contributed by atoms with E-state index in [1.165, 1.54) is 17.0 Å². The zero-order valence-corrected chi connectivity index (χ0v) is 11.4. The van der Waals surface area contributed by atoms with E-state index in [1.807, 2.05) is 0 Å². The van der Waals surface area contributed by atoms with Crippen molar-refractivity contribution in [3.63, 3.8) is 0 Å². The molecule has 1 aliphatic carbocycles. The monoisotopic (exact) mass is 314 g/mol. The molecule has 0 saturated carbocycles. The van der Waals surface area contributed by atoms with Gasteiger partial charge >= 0.3 is 0 Å². The molecule has 7 nitrogen and oxygen atoms in total.